The molecule has 0 aliphatic carbocycles. The van der Waals surface area contributed by atoms with Gasteiger partial charge in [0.05, 0.1) is 0 Å². The van der Waals surface area contributed by atoms with Gasteiger partial charge in [-0.25, -0.2) is 0 Å². The predicted molar refractivity (Wildman–Crippen MR) is 192 cm³/mol. The van der Waals surface area contributed by atoms with Gasteiger partial charge in [0, 0.05) is 43.2 Å². The lowest BCUT2D eigenvalue weighted by Gasteiger charge is -2.34. The second-order valence-corrected chi connectivity index (χ2v) is 29.9. The molecule has 0 aromatic rings. The minimum Gasteiger partial charge on any atom is -0.481 e. The summed E-state index contributed by atoms with van der Waals surface area (Å²) in [5.74, 6) is -0.572. The molecule has 0 unspecified atom stereocenters. The first-order chi connectivity index (χ1) is 18.2. The van der Waals surface area contributed by atoms with Crippen molar-refractivity contribution in [3.05, 3.63) is 12.3 Å². The summed E-state index contributed by atoms with van der Waals surface area (Å²) >= 11 is 0. The van der Waals surface area contributed by atoms with Crippen LogP contribution in [-0.4, -0.2) is 80.4 Å². The highest BCUT2D eigenvalue weighted by Crippen LogP contribution is 2.14. The number of amides is 1. The molecule has 0 bridgehead atoms. The zero-order chi connectivity index (χ0) is 32.0. The van der Waals surface area contributed by atoms with Crippen LogP contribution >= 0.6 is 0 Å². The van der Waals surface area contributed by atoms with Crippen LogP contribution in [0.2, 0.25) is 52.4 Å². The summed E-state index contributed by atoms with van der Waals surface area (Å²) in [6.45, 7) is 27.3. The van der Waals surface area contributed by atoms with Gasteiger partial charge in [-0.05, 0) is 65.2 Å². The van der Waals surface area contributed by atoms with E-state index in [1.165, 1.54) is 19.3 Å². The van der Waals surface area contributed by atoms with Crippen molar-refractivity contribution >= 4 is 45.1 Å². The molecule has 0 aliphatic rings. The molecule has 0 saturated heterocycles. The van der Waals surface area contributed by atoms with E-state index in [2.05, 4.69) is 83.4 Å². The molecular weight excluding hydrogens is 601 g/mol. The first-order valence-electron chi connectivity index (χ1n) is 14.9. The van der Waals surface area contributed by atoms with Crippen molar-refractivity contribution in [3.63, 3.8) is 0 Å². The number of hydrogen-bond donors (Lipinski definition) is 5. The Morgan fingerprint density at radius 2 is 1.12 bits per heavy atom. The second kappa shape index (κ2) is 26.5. The van der Waals surface area contributed by atoms with Crippen molar-refractivity contribution < 1.29 is 28.4 Å². The van der Waals surface area contributed by atoms with Gasteiger partial charge in [0.25, 0.3) is 0 Å². The summed E-state index contributed by atoms with van der Waals surface area (Å²) in [5.41, 5.74) is 12.2. The number of carbonyl (C=O) groups excluding carboxylic acids is 1. The minimum absolute atomic E-state index is 0. The van der Waals surface area contributed by atoms with Crippen molar-refractivity contribution in [2.45, 2.75) is 132 Å². The van der Waals surface area contributed by atoms with Crippen molar-refractivity contribution in [3.8, 4) is 0 Å². The van der Waals surface area contributed by atoms with Crippen LogP contribution in [0.1, 0.15) is 79.6 Å². The van der Waals surface area contributed by atoms with Crippen LogP contribution in [-0.2, 0) is 17.8 Å². The number of aliphatic carboxylic acids is 1. The van der Waals surface area contributed by atoms with Gasteiger partial charge in [-0.2, -0.15) is 0 Å². The molecule has 0 atom stereocenters. The number of hydrogen-bond acceptors (Lipinski definition) is 7. The first-order valence-corrected chi connectivity index (χ1v) is 27.4. The fraction of sp³-hybridized carbons (Fsp3) is 0.857. The molecule has 10 nitrogen and oxygen atoms in total. The summed E-state index contributed by atoms with van der Waals surface area (Å²) in [6, 6.07) is 0. The van der Waals surface area contributed by atoms with E-state index in [1.54, 1.807) is 0 Å². The third kappa shape index (κ3) is 35.3. The van der Waals surface area contributed by atoms with Crippen molar-refractivity contribution in [1.82, 2.24) is 10.6 Å². The maximum absolute atomic E-state index is 11.3. The Hall–Kier alpha value is -0.852. The van der Waals surface area contributed by atoms with E-state index in [0.29, 0.717) is 31.3 Å². The Morgan fingerprint density at radius 3 is 1.48 bits per heavy atom. The van der Waals surface area contributed by atoms with Crippen LogP contribution in [0.25, 0.3) is 0 Å². The Labute approximate surface area is 264 Å². The fourth-order valence-corrected chi connectivity index (χ4v) is 17.9. The van der Waals surface area contributed by atoms with Gasteiger partial charge in [-0.1, -0.05) is 60.5 Å². The number of nitrogens with two attached hydrogens (primary N) is 2. The molecule has 42 heavy (non-hydrogen) atoms. The van der Waals surface area contributed by atoms with Crippen LogP contribution in [0.5, 0.6) is 0 Å². The number of carbonyl (C=O) groups is 2. The average Bonchev–Trinajstić information content (AvgIpc) is 2.85. The van der Waals surface area contributed by atoms with Crippen LogP contribution in [0.4, 0.5) is 0 Å². The quantitative estimate of drug-likeness (QED) is 0.0919. The number of allylic oxidation sites excluding steroid dienone is 1. The predicted octanol–water partition coefficient (Wildman–Crippen LogP) is 5.18. The van der Waals surface area contributed by atoms with E-state index in [4.69, 9.17) is 24.8 Å². The first kappa shape index (κ1) is 50.8. The second-order valence-electron chi connectivity index (χ2n) is 12.7. The lowest BCUT2D eigenvalue weighted by Crippen LogP contribution is -2.55. The van der Waals surface area contributed by atoms with Crippen molar-refractivity contribution in [2.75, 3.05) is 24.7 Å². The Morgan fingerprint density at radius 1 is 0.714 bits per heavy atom. The lowest BCUT2D eigenvalue weighted by atomic mass is 10.1. The number of rotatable bonds is 19. The normalized spacial score (nSPS) is 11.4. The molecule has 0 radical (unpaired) electrons. The molecule has 256 valence electrons. The van der Waals surface area contributed by atoms with Crippen LogP contribution < -0.4 is 22.1 Å². The maximum atomic E-state index is 11.3. The van der Waals surface area contributed by atoms with E-state index in [9.17, 15) is 9.59 Å². The zero-order valence-electron chi connectivity index (χ0n) is 28.4. The van der Waals surface area contributed by atoms with Gasteiger partial charge in [-0.3, -0.25) is 9.59 Å². The topological polar surface area (TPSA) is 180 Å². The zero-order valence-corrected chi connectivity index (χ0v) is 32.4. The van der Waals surface area contributed by atoms with E-state index in [-0.39, 0.29) is 18.8 Å². The molecule has 0 fully saturated rings. The van der Waals surface area contributed by atoms with E-state index >= 15 is 0 Å². The maximum Gasteiger partial charge on any atom is 0.303 e. The summed E-state index contributed by atoms with van der Waals surface area (Å²) in [7, 11) is -6.75. The molecule has 9 N–H and O–H groups in total. The van der Waals surface area contributed by atoms with Gasteiger partial charge in [0.15, 0.2) is 33.3 Å². The molecule has 0 saturated carbocycles. The largest absolute Gasteiger partial charge is 0.481 e. The summed E-state index contributed by atoms with van der Waals surface area (Å²) < 4.78 is 12.3. The Balaban J connectivity index is -0.000000171. The molecule has 0 aliphatic heterocycles. The molecule has 0 spiro atoms. The molecule has 0 aromatic carbocycles. The van der Waals surface area contributed by atoms with Crippen LogP contribution in [0.15, 0.2) is 12.3 Å². The smallest absolute Gasteiger partial charge is 0.303 e. The lowest BCUT2D eigenvalue weighted by molar-refractivity contribution is -0.137. The van der Waals surface area contributed by atoms with Gasteiger partial charge >= 0.3 is 5.97 Å². The molecule has 0 rings (SSSR count). The SMILES string of the molecule is C.C=C(CC)NC[Si](C)(C)O[Si](C)(C)CNC(=O)CC.CCCCCCCC(=O)O.C[Si](C)(CN)O[Si](C)(C)CN.O. The minimum atomic E-state index is -1.84. The van der Waals surface area contributed by atoms with Crippen LogP contribution in [0, 0.1) is 0 Å². The van der Waals surface area contributed by atoms with Crippen LogP contribution in [0.3, 0.4) is 0 Å². The highest BCUT2D eigenvalue weighted by molar-refractivity contribution is 6.85. The summed E-state index contributed by atoms with van der Waals surface area (Å²) in [5, 5.41) is 14.6. The van der Waals surface area contributed by atoms with E-state index < -0.39 is 39.2 Å². The molecular formula is C28H72N4O6Si4. The number of carboxylic acid groups (broad SMARTS) is 1. The monoisotopic (exact) mass is 672 g/mol. The van der Waals surface area contributed by atoms with E-state index in [0.717, 1.165) is 31.1 Å². The third-order valence-electron chi connectivity index (χ3n) is 5.81. The highest BCUT2D eigenvalue weighted by Gasteiger charge is 2.33. The van der Waals surface area contributed by atoms with E-state index in [1.807, 2.05) is 6.92 Å². The van der Waals surface area contributed by atoms with Gasteiger partial charge < -0.3 is 40.9 Å². The third-order valence-corrected chi connectivity index (χ3v) is 18.7. The number of nitrogens with one attached hydrogen (secondary N) is 2. The van der Waals surface area contributed by atoms with Gasteiger partial charge in [-0.15, -0.1) is 0 Å². The highest BCUT2D eigenvalue weighted by atomic mass is 28.4. The Kier molecular flexibility index (Phi) is 32.1. The Bertz CT molecular complexity index is 668. The number of unbranched alkanes of at least 4 members (excludes halogenated alkanes) is 4. The van der Waals surface area contributed by atoms with Gasteiger partial charge in [0.1, 0.15) is 0 Å². The molecule has 0 aromatic heterocycles. The summed E-state index contributed by atoms with van der Waals surface area (Å²) in [6.07, 6.45) is 10.3. The summed E-state index contributed by atoms with van der Waals surface area (Å²) in [4.78, 5) is 21.4. The number of carboxylic acids is 1. The molecule has 14 heteroatoms. The molecule has 0 heterocycles. The van der Waals surface area contributed by atoms with Crippen molar-refractivity contribution in [2.24, 2.45) is 11.5 Å². The fourth-order valence-electron chi connectivity index (χ4n) is 3.43. The van der Waals surface area contributed by atoms with Crippen molar-refractivity contribution in [1.29, 1.82) is 0 Å². The molecule has 1 amide bonds. The van der Waals surface area contributed by atoms with Gasteiger partial charge in [0.2, 0.25) is 5.91 Å². The average molecular weight is 673 g/mol. The standard InChI is InChI=1S/C13H30N2O2Si2.C8H16O2.C6H20N2OSi2.CH4.H2O/c1-8-12(3)14-10-18(4,5)17-19(6,7)11-15-13(16)9-2;1-2-3-4-5-6-7-8(9)10;1-10(2,5-7)9-11(3,4)6-8;;/h14H,3,8-11H2,1-2,4-7H3,(H,15,16);2-7H2,1H3,(H,9,10);5-8H2,1-4H3;1H4;1H2.